The predicted molar refractivity (Wildman–Crippen MR) is 73.3 cm³/mol. The summed E-state index contributed by atoms with van der Waals surface area (Å²) >= 11 is 3.78. The molecular weight excluding hydrogens is 236 g/mol. The van der Waals surface area contributed by atoms with E-state index in [1.165, 1.54) is 29.8 Å². The molecule has 0 spiro atoms. The van der Waals surface area contributed by atoms with Crippen molar-refractivity contribution in [3.8, 4) is 0 Å². The van der Waals surface area contributed by atoms with E-state index < -0.39 is 0 Å². The number of hydrogen-bond donors (Lipinski definition) is 1. The number of rotatable bonds is 4. The smallest absolute Gasteiger partial charge is 0.0798 e. The maximum absolute atomic E-state index is 4.32. The van der Waals surface area contributed by atoms with Gasteiger partial charge in [0.2, 0.25) is 0 Å². The third-order valence-electron chi connectivity index (χ3n) is 3.38. The van der Waals surface area contributed by atoms with Crippen LogP contribution in [0.15, 0.2) is 5.51 Å². The highest BCUT2D eigenvalue weighted by Gasteiger charge is 2.25. The van der Waals surface area contributed by atoms with Gasteiger partial charge in [-0.1, -0.05) is 0 Å². The van der Waals surface area contributed by atoms with Gasteiger partial charge in [0.1, 0.15) is 0 Å². The first kappa shape index (κ1) is 12.4. The molecule has 1 heterocycles. The maximum Gasteiger partial charge on any atom is 0.0798 e. The van der Waals surface area contributed by atoms with Crippen LogP contribution in [0.1, 0.15) is 42.8 Å². The molecule has 2 nitrogen and oxygen atoms in total. The van der Waals surface area contributed by atoms with E-state index in [0.29, 0.717) is 12.1 Å². The van der Waals surface area contributed by atoms with Crippen molar-refractivity contribution < 1.29 is 0 Å². The number of thiazole rings is 1. The normalized spacial score (nSPS) is 27.2. The molecule has 1 aliphatic rings. The lowest BCUT2D eigenvalue weighted by molar-refractivity contribution is 0.465. The molecule has 1 aromatic rings. The topological polar surface area (TPSA) is 24.9 Å². The third-order valence-corrected chi connectivity index (χ3v) is 5.59. The Morgan fingerprint density at radius 2 is 2.38 bits per heavy atom. The van der Waals surface area contributed by atoms with Crippen LogP contribution in [0.4, 0.5) is 0 Å². The molecule has 0 bridgehead atoms. The molecule has 1 N–H and O–H groups in total. The fraction of sp³-hybridized carbons (Fsp3) is 0.750. The number of hydrogen-bond acceptors (Lipinski definition) is 4. The van der Waals surface area contributed by atoms with Gasteiger partial charge in [-0.05, 0) is 39.4 Å². The minimum Gasteiger partial charge on any atom is -0.307 e. The highest BCUT2D eigenvalue weighted by atomic mass is 32.2. The van der Waals surface area contributed by atoms with Crippen LogP contribution in [0, 0.1) is 6.92 Å². The molecule has 90 valence electrons. The monoisotopic (exact) mass is 256 g/mol. The average Bonchev–Trinajstić information content (AvgIpc) is 2.86. The second-order valence-electron chi connectivity index (χ2n) is 4.56. The van der Waals surface area contributed by atoms with Crippen LogP contribution in [-0.4, -0.2) is 22.5 Å². The van der Waals surface area contributed by atoms with Gasteiger partial charge in [-0.2, -0.15) is 11.8 Å². The molecule has 1 fully saturated rings. The maximum atomic E-state index is 4.32. The van der Waals surface area contributed by atoms with Crippen LogP contribution in [0.5, 0.6) is 0 Å². The van der Waals surface area contributed by atoms with Crippen LogP contribution in [0.25, 0.3) is 0 Å². The molecule has 4 heteroatoms. The van der Waals surface area contributed by atoms with E-state index in [0.717, 1.165) is 5.25 Å². The second kappa shape index (κ2) is 5.52. The fourth-order valence-electron chi connectivity index (χ4n) is 2.46. The van der Waals surface area contributed by atoms with E-state index in [1.54, 1.807) is 11.3 Å². The highest BCUT2D eigenvalue weighted by molar-refractivity contribution is 7.99. The first-order chi connectivity index (χ1) is 7.70. The molecule has 3 unspecified atom stereocenters. The minimum absolute atomic E-state index is 0.457. The summed E-state index contributed by atoms with van der Waals surface area (Å²) in [5.41, 5.74) is 3.13. The molecule has 1 saturated carbocycles. The number of aromatic nitrogens is 1. The lowest BCUT2D eigenvalue weighted by atomic mass is 10.2. The van der Waals surface area contributed by atoms with Crippen molar-refractivity contribution in [2.24, 2.45) is 0 Å². The van der Waals surface area contributed by atoms with E-state index in [9.17, 15) is 0 Å². The van der Waals surface area contributed by atoms with Gasteiger partial charge in [0.15, 0.2) is 0 Å². The molecule has 0 amide bonds. The number of nitrogens with zero attached hydrogens (tertiary/aromatic N) is 1. The Morgan fingerprint density at radius 3 is 2.94 bits per heavy atom. The van der Waals surface area contributed by atoms with Gasteiger partial charge in [0.05, 0.1) is 11.2 Å². The zero-order valence-corrected chi connectivity index (χ0v) is 11.8. The van der Waals surface area contributed by atoms with Gasteiger partial charge in [-0.25, -0.2) is 4.98 Å². The Bertz CT molecular complexity index is 338. The molecule has 2 rings (SSSR count). The molecule has 16 heavy (non-hydrogen) atoms. The Labute approximate surface area is 106 Å². The average molecular weight is 256 g/mol. The summed E-state index contributed by atoms with van der Waals surface area (Å²) < 4.78 is 0. The Morgan fingerprint density at radius 1 is 1.56 bits per heavy atom. The van der Waals surface area contributed by atoms with Crippen molar-refractivity contribution in [3.63, 3.8) is 0 Å². The van der Waals surface area contributed by atoms with E-state index in [4.69, 9.17) is 0 Å². The van der Waals surface area contributed by atoms with E-state index in [2.05, 4.69) is 30.4 Å². The summed E-state index contributed by atoms with van der Waals surface area (Å²) in [5, 5.41) is 4.61. The number of nitrogens with one attached hydrogen (secondary N) is 1. The molecule has 1 aliphatic carbocycles. The fourth-order valence-corrected chi connectivity index (χ4v) is 4.08. The van der Waals surface area contributed by atoms with Crippen LogP contribution < -0.4 is 5.32 Å². The van der Waals surface area contributed by atoms with Gasteiger partial charge in [0, 0.05) is 22.2 Å². The first-order valence-electron chi connectivity index (χ1n) is 5.89. The van der Waals surface area contributed by atoms with Crippen LogP contribution in [0.3, 0.4) is 0 Å². The van der Waals surface area contributed by atoms with E-state index in [-0.39, 0.29) is 0 Å². The zero-order chi connectivity index (χ0) is 11.5. The number of aryl methyl sites for hydroxylation is 1. The largest absolute Gasteiger partial charge is 0.307 e. The molecule has 0 aliphatic heterocycles. The molecule has 0 aromatic carbocycles. The van der Waals surface area contributed by atoms with Crippen molar-refractivity contribution >= 4 is 23.1 Å². The predicted octanol–water partition coefficient (Wildman–Crippen LogP) is 3.39. The molecule has 3 atom stereocenters. The van der Waals surface area contributed by atoms with E-state index in [1.807, 2.05) is 17.3 Å². The summed E-state index contributed by atoms with van der Waals surface area (Å²) in [4.78, 5) is 5.71. The van der Waals surface area contributed by atoms with Gasteiger partial charge in [-0.15, -0.1) is 11.3 Å². The standard InChI is InChI=1S/C12H20N2S2/c1-8-12(16-7-13-8)9(2)14-10-4-5-11(6-10)15-3/h7,9-11,14H,4-6H2,1-3H3. The van der Waals surface area contributed by atoms with Gasteiger partial charge < -0.3 is 5.32 Å². The summed E-state index contributed by atoms with van der Waals surface area (Å²) in [7, 11) is 0. The third kappa shape index (κ3) is 2.79. The summed E-state index contributed by atoms with van der Waals surface area (Å²) in [6.45, 7) is 4.36. The Hall–Kier alpha value is -0.0600. The molecule has 1 aromatic heterocycles. The van der Waals surface area contributed by atoms with Crippen molar-refractivity contribution in [3.05, 3.63) is 16.1 Å². The van der Waals surface area contributed by atoms with Crippen LogP contribution in [0.2, 0.25) is 0 Å². The van der Waals surface area contributed by atoms with Crippen molar-refractivity contribution in [1.29, 1.82) is 0 Å². The summed E-state index contributed by atoms with van der Waals surface area (Å²) in [6.07, 6.45) is 6.24. The lowest BCUT2D eigenvalue weighted by Crippen LogP contribution is -2.29. The van der Waals surface area contributed by atoms with Crippen molar-refractivity contribution in [2.75, 3.05) is 6.26 Å². The van der Waals surface area contributed by atoms with Gasteiger partial charge in [0.25, 0.3) is 0 Å². The zero-order valence-electron chi connectivity index (χ0n) is 10.2. The highest BCUT2D eigenvalue weighted by Crippen LogP contribution is 2.30. The lowest BCUT2D eigenvalue weighted by Gasteiger charge is -2.18. The van der Waals surface area contributed by atoms with Crippen molar-refractivity contribution in [1.82, 2.24) is 10.3 Å². The van der Waals surface area contributed by atoms with E-state index >= 15 is 0 Å². The quantitative estimate of drug-likeness (QED) is 0.894. The van der Waals surface area contributed by atoms with Crippen LogP contribution in [-0.2, 0) is 0 Å². The molecule has 0 saturated heterocycles. The van der Waals surface area contributed by atoms with Crippen LogP contribution >= 0.6 is 23.1 Å². The minimum atomic E-state index is 0.457. The molecular formula is C12H20N2S2. The summed E-state index contributed by atoms with van der Waals surface area (Å²) in [6, 6.07) is 1.16. The van der Waals surface area contributed by atoms with Crippen molar-refractivity contribution in [2.45, 2.75) is 50.4 Å². The number of thioether (sulfide) groups is 1. The first-order valence-corrected chi connectivity index (χ1v) is 8.06. The molecule has 0 radical (unpaired) electrons. The van der Waals surface area contributed by atoms with Gasteiger partial charge in [-0.3, -0.25) is 0 Å². The Balaban J connectivity index is 1.89. The summed E-state index contributed by atoms with van der Waals surface area (Å²) in [5.74, 6) is 0. The second-order valence-corrected chi connectivity index (χ2v) is 6.58. The Kier molecular flexibility index (Phi) is 4.27. The SMILES string of the molecule is CSC1CCC(NC(C)c2scnc2C)C1. The van der Waals surface area contributed by atoms with Gasteiger partial charge >= 0.3 is 0 Å².